The van der Waals surface area contributed by atoms with Gasteiger partial charge in [-0.2, -0.15) is 4.31 Å². The molecule has 0 amide bonds. The highest BCUT2D eigenvalue weighted by Crippen LogP contribution is 2.31. The average molecular weight is 367 g/mol. The zero-order valence-electron chi connectivity index (χ0n) is 10.7. The summed E-state index contributed by atoms with van der Waals surface area (Å²) in [4.78, 5) is -0.408. The molecule has 1 aromatic carbocycles. The van der Waals surface area contributed by atoms with Gasteiger partial charge in [-0.05, 0) is 46.8 Å². The number of nitrogens with two attached hydrogens (primary N) is 1. The van der Waals surface area contributed by atoms with Crippen molar-refractivity contribution in [2.75, 3.05) is 25.4 Å². The number of aliphatic hydroxyl groups excluding tert-OH is 1. The summed E-state index contributed by atoms with van der Waals surface area (Å²) in [7, 11) is -3.90. The number of hydrogen-bond acceptors (Lipinski definition) is 4. The van der Waals surface area contributed by atoms with Gasteiger partial charge in [-0.15, -0.1) is 0 Å². The van der Waals surface area contributed by atoms with Crippen molar-refractivity contribution in [3.05, 3.63) is 22.4 Å². The fourth-order valence-corrected chi connectivity index (χ4v) is 4.61. The maximum atomic E-state index is 14.0. The Bertz CT molecular complexity index is 609. The molecule has 0 aliphatic carbocycles. The van der Waals surface area contributed by atoms with Gasteiger partial charge in [0, 0.05) is 25.4 Å². The van der Waals surface area contributed by atoms with Crippen LogP contribution in [0.2, 0.25) is 0 Å². The van der Waals surface area contributed by atoms with Crippen molar-refractivity contribution >= 4 is 31.6 Å². The third-order valence-corrected chi connectivity index (χ3v) is 5.86. The molecule has 0 radical (unpaired) electrons. The first kappa shape index (κ1) is 15.7. The molecule has 1 unspecified atom stereocenters. The fraction of sp³-hybridized carbons (Fsp3) is 0.500. The molecule has 5 nitrogen and oxygen atoms in total. The average Bonchev–Trinajstić information content (AvgIpc) is 2.83. The largest absolute Gasteiger partial charge is 0.399 e. The van der Waals surface area contributed by atoms with Gasteiger partial charge in [0.1, 0.15) is 4.90 Å². The molecule has 112 valence electrons. The Hall–Kier alpha value is -0.700. The van der Waals surface area contributed by atoms with E-state index in [1.165, 1.54) is 10.4 Å². The van der Waals surface area contributed by atoms with Crippen LogP contribution in [0.4, 0.5) is 10.1 Å². The maximum Gasteiger partial charge on any atom is 0.246 e. The van der Waals surface area contributed by atoms with Gasteiger partial charge in [0.2, 0.25) is 10.0 Å². The SMILES string of the molecule is Nc1cc(Br)c(F)c(S(=O)(=O)N2CCC(CCO)C2)c1. The van der Waals surface area contributed by atoms with Crippen LogP contribution in [0.15, 0.2) is 21.5 Å². The lowest BCUT2D eigenvalue weighted by atomic mass is 10.1. The lowest BCUT2D eigenvalue weighted by molar-refractivity contribution is 0.259. The lowest BCUT2D eigenvalue weighted by Gasteiger charge is -2.17. The minimum absolute atomic E-state index is 0.0246. The number of anilines is 1. The summed E-state index contributed by atoms with van der Waals surface area (Å²) in [5.74, 6) is -0.716. The molecule has 1 aliphatic rings. The monoisotopic (exact) mass is 366 g/mol. The summed E-state index contributed by atoms with van der Waals surface area (Å²) in [6.45, 7) is 0.657. The van der Waals surface area contributed by atoms with E-state index < -0.39 is 20.7 Å². The van der Waals surface area contributed by atoms with Crippen LogP contribution >= 0.6 is 15.9 Å². The highest BCUT2D eigenvalue weighted by atomic mass is 79.9. The molecule has 1 saturated heterocycles. The smallest absolute Gasteiger partial charge is 0.246 e. The Morgan fingerprint density at radius 2 is 2.20 bits per heavy atom. The van der Waals surface area contributed by atoms with Crippen LogP contribution < -0.4 is 5.73 Å². The molecular weight excluding hydrogens is 351 g/mol. The van der Waals surface area contributed by atoms with Crippen LogP contribution in [0.3, 0.4) is 0 Å². The highest BCUT2D eigenvalue weighted by molar-refractivity contribution is 9.10. The van der Waals surface area contributed by atoms with Crippen molar-refractivity contribution < 1.29 is 17.9 Å². The normalized spacial score (nSPS) is 20.4. The van der Waals surface area contributed by atoms with Gasteiger partial charge in [0.25, 0.3) is 0 Å². The maximum absolute atomic E-state index is 14.0. The number of nitrogens with zero attached hydrogens (tertiary/aromatic N) is 1. The molecule has 3 N–H and O–H groups in total. The molecule has 0 spiro atoms. The fourth-order valence-electron chi connectivity index (χ4n) is 2.34. The molecule has 2 rings (SSSR count). The number of halogens is 2. The van der Waals surface area contributed by atoms with E-state index in [-0.39, 0.29) is 22.7 Å². The minimum atomic E-state index is -3.90. The number of hydrogen-bond donors (Lipinski definition) is 2. The number of aliphatic hydroxyl groups is 1. The van der Waals surface area contributed by atoms with Gasteiger partial charge >= 0.3 is 0 Å². The van der Waals surface area contributed by atoms with Crippen LogP contribution in [0.5, 0.6) is 0 Å². The standard InChI is InChI=1S/C12H16BrFN2O3S/c13-10-5-9(15)6-11(12(10)14)20(18,19)16-3-1-8(7-16)2-4-17/h5-6,8,17H,1-4,7,15H2. The van der Waals surface area contributed by atoms with Gasteiger partial charge in [-0.25, -0.2) is 12.8 Å². The topological polar surface area (TPSA) is 83.6 Å². The molecule has 20 heavy (non-hydrogen) atoms. The molecule has 8 heteroatoms. The van der Waals surface area contributed by atoms with Crippen LogP contribution in [-0.4, -0.2) is 37.5 Å². The van der Waals surface area contributed by atoms with Crippen molar-refractivity contribution in [3.8, 4) is 0 Å². The van der Waals surface area contributed by atoms with E-state index in [9.17, 15) is 12.8 Å². The van der Waals surface area contributed by atoms with E-state index in [0.717, 1.165) is 6.07 Å². The van der Waals surface area contributed by atoms with Crippen LogP contribution in [-0.2, 0) is 10.0 Å². The summed E-state index contributed by atoms with van der Waals surface area (Å²) in [5.41, 5.74) is 5.77. The third kappa shape index (κ3) is 2.98. The van der Waals surface area contributed by atoms with Gasteiger partial charge in [-0.1, -0.05) is 0 Å². The Balaban J connectivity index is 2.32. The zero-order chi connectivity index (χ0) is 14.9. The first-order valence-electron chi connectivity index (χ1n) is 6.21. The van der Waals surface area contributed by atoms with E-state index in [4.69, 9.17) is 10.8 Å². The van der Waals surface area contributed by atoms with E-state index in [0.29, 0.717) is 25.9 Å². The van der Waals surface area contributed by atoms with Gasteiger partial charge in [0.05, 0.1) is 4.47 Å². The molecular formula is C12H16BrFN2O3S. The second kappa shape index (κ2) is 5.97. The number of sulfonamides is 1. The first-order chi connectivity index (χ1) is 9.36. The van der Waals surface area contributed by atoms with E-state index >= 15 is 0 Å². The van der Waals surface area contributed by atoms with Crippen molar-refractivity contribution in [3.63, 3.8) is 0 Å². The summed E-state index contributed by atoms with van der Waals surface area (Å²) in [5, 5.41) is 8.90. The summed E-state index contributed by atoms with van der Waals surface area (Å²) < 4.78 is 40.2. The number of rotatable bonds is 4. The molecule has 1 aromatic rings. The highest BCUT2D eigenvalue weighted by Gasteiger charge is 2.34. The van der Waals surface area contributed by atoms with E-state index in [2.05, 4.69) is 15.9 Å². The van der Waals surface area contributed by atoms with Crippen molar-refractivity contribution in [2.24, 2.45) is 5.92 Å². The van der Waals surface area contributed by atoms with Crippen molar-refractivity contribution in [1.82, 2.24) is 4.31 Å². The van der Waals surface area contributed by atoms with E-state index in [1.807, 2.05) is 0 Å². The van der Waals surface area contributed by atoms with Crippen LogP contribution in [0, 0.1) is 11.7 Å². The molecule has 1 fully saturated rings. The van der Waals surface area contributed by atoms with Crippen molar-refractivity contribution in [2.45, 2.75) is 17.7 Å². The Morgan fingerprint density at radius 1 is 1.50 bits per heavy atom. The lowest BCUT2D eigenvalue weighted by Crippen LogP contribution is -2.30. The van der Waals surface area contributed by atoms with Gasteiger partial charge in [0.15, 0.2) is 5.82 Å². The molecule has 1 atom stereocenters. The second-order valence-electron chi connectivity index (χ2n) is 4.84. The molecule has 0 aromatic heterocycles. The second-order valence-corrected chi connectivity index (χ2v) is 7.61. The third-order valence-electron chi connectivity index (χ3n) is 3.42. The Morgan fingerprint density at radius 3 is 2.85 bits per heavy atom. The summed E-state index contributed by atoms with van der Waals surface area (Å²) >= 11 is 2.96. The number of nitrogen functional groups attached to an aromatic ring is 1. The van der Waals surface area contributed by atoms with E-state index in [1.54, 1.807) is 0 Å². The Kier molecular flexibility index (Phi) is 4.68. The molecule has 1 aliphatic heterocycles. The molecule has 0 saturated carbocycles. The van der Waals surface area contributed by atoms with Crippen LogP contribution in [0.1, 0.15) is 12.8 Å². The summed E-state index contributed by atoms with van der Waals surface area (Å²) in [6.07, 6.45) is 1.22. The quantitative estimate of drug-likeness (QED) is 0.792. The molecule has 1 heterocycles. The predicted octanol–water partition coefficient (Wildman–Crippen LogP) is 1.56. The van der Waals surface area contributed by atoms with Crippen LogP contribution in [0.25, 0.3) is 0 Å². The Labute approximate surface area is 125 Å². The minimum Gasteiger partial charge on any atom is -0.399 e. The molecule has 0 bridgehead atoms. The van der Waals surface area contributed by atoms with Crippen molar-refractivity contribution in [1.29, 1.82) is 0 Å². The number of benzene rings is 1. The first-order valence-corrected chi connectivity index (χ1v) is 8.45. The predicted molar refractivity (Wildman–Crippen MR) is 77.1 cm³/mol. The van der Waals surface area contributed by atoms with Gasteiger partial charge in [-0.3, -0.25) is 0 Å². The van der Waals surface area contributed by atoms with Gasteiger partial charge < -0.3 is 10.8 Å². The zero-order valence-corrected chi connectivity index (χ0v) is 13.1. The summed E-state index contributed by atoms with van der Waals surface area (Å²) in [6, 6.07) is 2.46.